The van der Waals surface area contributed by atoms with Crippen molar-refractivity contribution in [3.8, 4) is 17.2 Å². The van der Waals surface area contributed by atoms with E-state index in [1.165, 1.54) is 29.9 Å². The van der Waals surface area contributed by atoms with Gasteiger partial charge in [-0.3, -0.25) is 4.79 Å². The van der Waals surface area contributed by atoms with Gasteiger partial charge in [-0.2, -0.15) is 0 Å². The van der Waals surface area contributed by atoms with Crippen LogP contribution in [0.1, 0.15) is 85.8 Å². The molecule has 2 fully saturated rings. The van der Waals surface area contributed by atoms with Gasteiger partial charge in [0.15, 0.2) is 0 Å². The van der Waals surface area contributed by atoms with Gasteiger partial charge in [0.2, 0.25) is 0 Å². The van der Waals surface area contributed by atoms with Crippen molar-refractivity contribution in [1.29, 1.82) is 0 Å². The number of fused-ring (bicyclic) bond motifs is 6. The molecule has 0 radical (unpaired) electrons. The molecule has 3 unspecified atom stereocenters. The van der Waals surface area contributed by atoms with Crippen LogP contribution >= 0.6 is 0 Å². The number of rotatable bonds is 2. The monoisotopic (exact) mass is 504 g/mol. The molecule has 4 aliphatic rings. The average Bonchev–Trinajstić information content (AvgIpc) is 3.16. The standard InChI is InChI=1S/C18H20O2.C13H16O4/c1-18-9-8-14-13-5-3-12(19)10-11(13)2-4-15(14)16(18)6-7-17(18)20;1-13(2)7-6-8-10(17-13)5-4-9(12(14)15)11(8)16-3/h3-5,10,14,16,19H,2,6-9H2,1H3;4-5H,6-7H2,1-3H3,(H,14,15). The van der Waals surface area contributed by atoms with E-state index in [1.807, 2.05) is 19.9 Å². The topological polar surface area (TPSA) is 93.1 Å². The summed E-state index contributed by atoms with van der Waals surface area (Å²) in [6.45, 7) is 6.22. The molecule has 3 aliphatic carbocycles. The summed E-state index contributed by atoms with van der Waals surface area (Å²) in [4.78, 5) is 23.3. The van der Waals surface area contributed by atoms with Crippen LogP contribution in [-0.4, -0.2) is 34.7 Å². The highest BCUT2D eigenvalue weighted by Crippen LogP contribution is 2.58. The van der Waals surface area contributed by atoms with E-state index in [1.54, 1.807) is 12.1 Å². The number of ketones is 1. The van der Waals surface area contributed by atoms with Crippen molar-refractivity contribution in [1.82, 2.24) is 0 Å². The minimum absolute atomic E-state index is 0.100. The van der Waals surface area contributed by atoms with Crippen LogP contribution in [0.4, 0.5) is 0 Å². The number of carbonyl (C=O) groups excluding carboxylic acids is 1. The lowest BCUT2D eigenvalue weighted by atomic mass is 9.60. The Morgan fingerprint density at radius 1 is 1.08 bits per heavy atom. The zero-order valence-corrected chi connectivity index (χ0v) is 22.1. The molecule has 6 nitrogen and oxygen atoms in total. The van der Waals surface area contributed by atoms with Crippen LogP contribution in [0.25, 0.3) is 0 Å². The molecule has 0 aromatic heterocycles. The van der Waals surface area contributed by atoms with Crippen LogP contribution in [-0.2, 0) is 17.6 Å². The first-order valence-electron chi connectivity index (χ1n) is 13.2. The number of carboxylic acid groups (broad SMARTS) is 1. The number of hydrogen-bond donors (Lipinski definition) is 2. The highest BCUT2D eigenvalue weighted by molar-refractivity contribution is 5.92. The lowest BCUT2D eigenvalue weighted by molar-refractivity contribution is -0.126. The van der Waals surface area contributed by atoms with Crippen LogP contribution in [0.5, 0.6) is 17.2 Å². The van der Waals surface area contributed by atoms with Gasteiger partial charge >= 0.3 is 5.97 Å². The Bertz CT molecular complexity index is 1290. The molecule has 37 heavy (non-hydrogen) atoms. The molecule has 0 bridgehead atoms. The second-order valence-corrected chi connectivity index (χ2v) is 11.6. The van der Waals surface area contributed by atoms with Gasteiger partial charge in [0, 0.05) is 23.3 Å². The third-order valence-electron chi connectivity index (χ3n) is 8.90. The normalized spacial score (nSPS) is 26.7. The fourth-order valence-corrected chi connectivity index (χ4v) is 6.85. The van der Waals surface area contributed by atoms with Crippen molar-refractivity contribution in [2.45, 2.75) is 77.2 Å². The van der Waals surface area contributed by atoms with Crippen molar-refractivity contribution in [3.05, 3.63) is 64.2 Å². The molecule has 2 aromatic carbocycles. The summed E-state index contributed by atoms with van der Waals surface area (Å²) in [5.74, 6) is 1.93. The van der Waals surface area contributed by atoms with Crippen LogP contribution in [0.15, 0.2) is 42.0 Å². The van der Waals surface area contributed by atoms with Crippen LogP contribution in [0.3, 0.4) is 0 Å². The SMILES string of the molecule is CC12CCC3C(=CCc4cc(O)ccc43)C1CCC2=O.COc1c(C(=O)O)ccc2c1CCC(C)(C)O2. The van der Waals surface area contributed by atoms with E-state index in [-0.39, 0.29) is 16.6 Å². The summed E-state index contributed by atoms with van der Waals surface area (Å²) in [5, 5.41) is 18.7. The van der Waals surface area contributed by atoms with Gasteiger partial charge in [-0.15, -0.1) is 0 Å². The predicted molar refractivity (Wildman–Crippen MR) is 141 cm³/mol. The minimum atomic E-state index is -0.977. The second kappa shape index (κ2) is 9.23. The highest BCUT2D eigenvalue weighted by Gasteiger charge is 2.52. The van der Waals surface area contributed by atoms with Crippen molar-refractivity contribution in [2.24, 2.45) is 11.3 Å². The fourth-order valence-electron chi connectivity index (χ4n) is 6.85. The number of methoxy groups -OCH3 is 1. The van der Waals surface area contributed by atoms with Crippen LogP contribution in [0, 0.1) is 11.3 Å². The van der Waals surface area contributed by atoms with Crippen molar-refractivity contribution >= 4 is 11.8 Å². The Balaban J connectivity index is 0.000000154. The maximum atomic E-state index is 12.2. The number of phenols is 1. The minimum Gasteiger partial charge on any atom is -0.508 e. The third kappa shape index (κ3) is 4.41. The number of allylic oxidation sites excluding steroid dienone is 2. The van der Waals surface area contributed by atoms with Crippen molar-refractivity contribution in [3.63, 3.8) is 0 Å². The quantitative estimate of drug-likeness (QED) is 0.471. The van der Waals surface area contributed by atoms with Gasteiger partial charge in [0.25, 0.3) is 0 Å². The molecular weight excluding hydrogens is 468 g/mol. The molecule has 0 spiro atoms. The maximum absolute atomic E-state index is 12.2. The van der Waals surface area contributed by atoms with Crippen LogP contribution in [0.2, 0.25) is 0 Å². The number of Topliss-reactive ketones (excluding diaryl/α,β-unsaturated/α-hetero) is 1. The van der Waals surface area contributed by atoms with Gasteiger partial charge in [0.1, 0.15) is 34.2 Å². The van der Waals surface area contributed by atoms with E-state index in [0.29, 0.717) is 29.1 Å². The lowest BCUT2D eigenvalue weighted by Crippen LogP contribution is -2.37. The first-order chi connectivity index (χ1) is 17.5. The first kappa shape index (κ1) is 25.4. The van der Waals surface area contributed by atoms with Crippen molar-refractivity contribution in [2.75, 3.05) is 7.11 Å². The van der Waals surface area contributed by atoms with E-state index < -0.39 is 5.97 Å². The summed E-state index contributed by atoms with van der Waals surface area (Å²) in [7, 11) is 1.49. The zero-order chi connectivity index (χ0) is 26.5. The first-order valence-corrected chi connectivity index (χ1v) is 13.2. The molecule has 1 aliphatic heterocycles. The van der Waals surface area contributed by atoms with E-state index >= 15 is 0 Å². The number of phenolic OH excluding ortho intramolecular Hbond substituents is 1. The zero-order valence-electron chi connectivity index (χ0n) is 22.1. The largest absolute Gasteiger partial charge is 0.508 e. The van der Waals surface area contributed by atoms with Crippen LogP contribution < -0.4 is 9.47 Å². The van der Waals surface area contributed by atoms with Gasteiger partial charge in [-0.05, 0) is 93.7 Å². The molecular formula is C31H36O6. The van der Waals surface area contributed by atoms with Gasteiger partial charge in [0.05, 0.1) is 7.11 Å². The van der Waals surface area contributed by atoms with E-state index in [0.717, 1.165) is 56.3 Å². The molecule has 0 saturated heterocycles. The molecule has 2 N–H and O–H groups in total. The number of aromatic carboxylic acids is 1. The summed E-state index contributed by atoms with van der Waals surface area (Å²) >= 11 is 0. The Hall–Kier alpha value is -3.28. The molecule has 1 heterocycles. The predicted octanol–water partition coefficient (Wildman–Crippen LogP) is 6.23. The highest BCUT2D eigenvalue weighted by atomic mass is 16.5. The number of carboxylic acids is 1. The Kier molecular flexibility index (Phi) is 6.33. The Morgan fingerprint density at radius 3 is 2.59 bits per heavy atom. The molecule has 6 heteroatoms. The molecule has 2 saturated carbocycles. The van der Waals surface area contributed by atoms with E-state index in [4.69, 9.17) is 14.6 Å². The number of aromatic hydroxyl groups is 1. The molecule has 6 rings (SSSR count). The lowest BCUT2D eigenvalue weighted by Gasteiger charge is -2.43. The molecule has 3 atom stereocenters. The molecule has 2 aromatic rings. The number of carbonyl (C=O) groups is 2. The third-order valence-corrected chi connectivity index (χ3v) is 8.90. The summed E-state index contributed by atoms with van der Waals surface area (Å²) in [6, 6.07) is 9.02. The maximum Gasteiger partial charge on any atom is 0.339 e. The summed E-state index contributed by atoms with van der Waals surface area (Å²) in [6.07, 6.45) is 8.73. The summed E-state index contributed by atoms with van der Waals surface area (Å²) < 4.78 is 11.0. The Morgan fingerprint density at radius 2 is 1.86 bits per heavy atom. The number of ether oxygens (including phenoxy) is 2. The van der Waals surface area contributed by atoms with Crippen molar-refractivity contribution < 1.29 is 29.3 Å². The van der Waals surface area contributed by atoms with Gasteiger partial charge < -0.3 is 19.7 Å². The average molecular weight is 505 g/mol. The molecule has 196 valence electrons. The Labute approximate surface area is 218 Å². The van der Waals surface area contributed by atoms with E-state index in [2.05, 4.69) is 19.1 Å². The van der Waals surface area contributed by atoms with E-state index in [9.17, 15) is 14.7 Å². The van der Waals surface area contributed by atoms with Gasteiger partial charge in [-0.1, -0.05) is 24.6 Å². The smallest absolute Gasteiger partial charge is 0.339 e. The van der Waals surface area contributed by atoms with Gasteiger partial charge in [-0.25, -0.2) is 4.79 Å². The molecule has 0 amide bonds. The fraction of sp³-hybridized carbons (Fsp3) is 0.484. The number of benzene rings is 2. The summed E-state index contributed by atoms with van der Waals surface area (Å²) in [5.41, 5.74) is 4.87. The number of hydrogen-bond acceptors (Lipinski definition) is 5. The second-order valence-electron chi connectivity index (χ2n) is 11.6.